The molecule has 1 N–H and O–H groups in total. The number of rotatable bonds is 3. The lowest BCUT2D eigenvalue weighted by Gasteiger charge is -2.07. The highest BCUT2D eigenvalue weighted by Gasteiger charge is 2.12. The molecule has 3 aromatic rings. The summed E-state index contributed by atoms with van der Waals surface area (Å²) < 4.78 is 15.8. The van der Waals surface area contributed by atoms with E-state index in [0.29, 0.717) is 16.1 Å². The number of phenolic OH excluding ortho intramolecular Hbond substituents is 1. The fraction of sp³-hybridized carbons (Fsp3) is 0.111. The van der Waals surface area contributed by atoms with Gasteiger partial charge in [0, 0.05) is 18.0 Å². The Morgan fingerprint density at radius 2 is 1.83 bits per heavy atom. The van der Waals surface area contributed by atoms with Gasteiger partial charge in [-0.2, -0.15) is 5.10 Å². The van der Waals surface area contributed by atoms with Crippen LogP contribution >= 0.6 is 11.3 Å². The number of aromatic nitrogens is 1. The molecule has 1 aromatic heterocycles. The van der Waals surface area contributed by atoms with Gasteiger partial charge in [0.15, 0.2) is 0 Å². The monoisotopic (exact) mass is 341 g/mol. The van der Waals surface area contributed by atoms with Crippen molar-refractivity contribution in [1.29, 1.82) is 0 Å². The van der Waals surface area contributed by atoms with Crippen molar-refractivity contribution in [1.82, 2.24) is 4.68 Å². The van der Waals surface area contributed by atoms with Crippen LogP contribution in [0.15, 0.2) is 64.0 Å². The maximum Gasteiger partial charge on any atom is 0.205 e. The summed E-state index contributed by atoms with van der Waals surface area (Å²) in [6, 6.07) is 13.4. The molecular formula is C18H16FN3OS. The number of phenols is 1. The SMILES string of the molecule is CN=c1scc(-c2ccccc2F)n1N=C(C)c1ccc(O)cc1. The second-order valence-corrected chi connectivity index (χ2v) is 5.99. The standard InChI is InChI=1S/C18H16FN3OS/c1-12(13-7-9-14(23)10-8-13)21-22-17(11-24-18(22)20-2)15-5-3-4-6-16(15)19/h3-11,23H,1-2H3. The van der Waals surface area contributed by atoms with Gasteiger partial charge in [0.25, 0.3) is 0 Å². The third-order valence-electron chi connectivity index (χ3n) is 3.56. The molecule has 2 aromatic carbocycles. The number of nitrogens with zero attached hydrogens (tertiary/aromatic N) is 3. The van der Waals surface area contributed by atoms with E-state index in [0.717, 1.165) is 11.3 Å². The topological polar surface area (TPSA) is 49.9 Å². The molecule has 0 saturated carbocycles. The van der Waals surface area contributed by atoms with Gasteiger partial charge in [-0.15, -0.1) is 11.3 Å². The first-order chi connectivity index (χ1) is 11.6. The molecule has 0 aliphatic carbocycles. The maximum atomic E-state index is 14.2. The van der Waals surface area contributed by atoms with Crippen molar-refractivity contribution in [3.8, 4) is 17.0 Å². The van der Waals surface area contributed by atoms with E-state index < -0.39 is 0 Å². The van der Waals surface area contributed by atoms with Crippen LogP contribution in [0.2, 0.25) is 0 Å². The molecule has 6 heteroatoms. The zero-order valence-electron chi connectivity index (χ0n) is 13.3. The molecule has 0 aliphatic heterocycles. The minimum Gasteiger partial charge on any atom is -0.508 e. The Kier molecular flexibility index (Phi) is 4.57. The molecule has 4 nitrogen and oxygen atoms in total. The first kappa shape index (κ1) is 16.1. The van der Waals surface area contributed by atoms with Gasteiger partial charge in [0.05, 0.1) is 11.4 Å². The Morgan fingerprint density at radius 3 is 2.50 bits per heavy atom. The van der Waals surface area contributed by atoms with Gasteiger partial charge < -0.3 is 5.11 Å². The minimum absolute atomic E-state index is 0.200. The molecule has 0 spiro atoms. The largest absolute Gasteiger partial charge is 0.508 e. The zero-order valence-corrected chi connectivity index (χ0v) is 14.1. The molecule has 0 bridgehead atoms. The third kappa shape index (κ3) is 3.14. The van der Waals surface area contributed by atoms with Gasteiger partial charge in [0.1, 0.15) is 11.6 Å². The van der Waals surface area contributed by atoms with Crippen molar-refractivity contribution in [2.24, 2.45) is 10.1 Å². The van der Waals surface area contributed by atoms with Crippen LogP contribution in [0.5, 0.6) is 5.75 Å². The molecule has 24 heavy (non-hydrogen) atoms. The van der Waals surface area contributed by atoms with E-state index >= 15 is 0 Å². The molecule has 0 amide bonds. The van der Waals surface area contributed by atoms with E-state index in [1.807, 2.05) is 12.3 Å². The van der Waals surface area contributed by atoms with Crippen LogP contribution < -0.4 is 4.80 Å². The maximum absolute atomic E-state index is 14.2. The van der Waals surface area contributed by atoms with Gasteiger partial charge in [-0.1, -0.05) is 12.1 Å². The van der Waals surface area contributed by atoms with E-state index in [4.69, 9.17) is 0 Å². The third-order valence-corrected chi connectivity index (χ3v) is 4.47. The Hall–Kier alpha value is -2.73. The summed E-state index contributed by atoms with van der Waals surface area (Å²) in [6.07, 6.45) is 0. The Bertz CT molecular complexity index is 955. The summed E-state index contributed by atoms with van der Waals surface area (Å²) >= 11 is 1.40. The van der Waals surface area contributed by atoms with Crippen molar-refractivity contribution in [3.05, 3.63) is 70.1 Å². The molecule has 0 saturated heterocycles. The number of thiazole rings is 1. The summed E-state index contributed by atoms with van der Waals surface area (Å²) in [5.41, 5.74) is 2.73. The van der Waals surface area contributed by atoms with E-state index in [1.165, 1.54) is 17.4 Å². The summed E-state index contributed by atoms with van der Waals surface area (Å²) in [4.78, 5) is 4.89. The smallest absolute Gasteiger partial charge is 0.205 e. The summed E-state index contributed by atoms with van der Waals surface area (Å²) in [5, 5.41) is 15.9. The van der Waals surface area contributed by atoms with Crippen LogP contribution in [0.1, 0.15) is 12.5 Å². The van der Waals surface area contributed by atoms with Gasteiger partial charge in [0.2, 0.25) is 4.80 Å². The van der Waals surface area contributed by atoms with E-state index in [1.54, 1.807) is 54.2 Å². The number of benzene rings is 2. The highest BCUT2D eigenvalue weighted by atomic mass is 32.1. The quantitative estimate of drug-likeness (QED) is 0.723. The minimum atomic E-state index is -0.302. The van der Waals surface area contributed by atoms with Gasteiger partial charge in [-0.25, -0.2) is 9.07 Å². The lowest BCUT2D eigenvalue weighted by molar-refractivity contribution is 0.475. The van der Waals surface area contributed by atoms with Crippen LogP contribution in [-0.2, 0) is 0 Å². The predicted molar refractivity (Wildman–Crippen MR) is 94.9 cm³/mol. The van der Waals surface area contributed by atoms with Crippen LogP contribution in [-0.4, -0.2) is 22.5 Å². The lowest BCUT2D eigenvalue weighted by Crippen LogP contribution is -2.14. The lowest BCUT2D eigenvalue weighted by atomic mass is 10.1. The molecule has 1 heterocycles. The van der Waals surface area contributed by atoms with Crippen LogP contribution in [0.4, 0.5) is 4.39 Å². The van der Waals surface area contributed by atoms with E-state index in [2.05, 4.69) is 10.1 Å². The average Bonchev–Trinajstić information content (AvgIpc) is 2.98. The molecule has 0 aliphatic rings. The van der Waals surface area contributed by atoms with E-state index in [9.17, 15) is 9.50 Å². The number of hydrogen-bond donors (Lipinski definition) is 1. The van der Waals surface area contributed by atoms with Crippen molar-refractivity contribution < 1.29 is 9.50 Å². The molecule has 3 rings (SSSR count). The second kappa shape index (κ2) is 6.80. The first-order valence-corrected chi connectivity index (χ1v) is 8.21. The summed E-state index contributed by atoms with van der Waals surface area (Å²) in [7, 11) is 1.68. The number of hydrogen-bond acceptors (Lipinski definition) is 4. The average molecular weight is 341 g/mol. The Balaban J connectivity index is 2.14. The van der Waals surface area contributed by atoms with Crippen LogP contribution in [0.3, 0.4) is 0 Å². The molecule has 0 unspecified atom stereocenters. The molecular weight excluding hydrogens is 325 g/mol. The highest BCUT2D eigenvalue weighted by molar-refractivity contribution is 7.07. The second-order valence-electron chi connectivity index (χ2n) is 5.15. The van der Waals surface area contributed by atoms with Gasteiger partial charge in [-0.05, 0) is 48.9 Å². The zero-order chi connectivity index (χ0) is 17.1. The Labute approximate surface area is 142 Å². The van der Waals surface area contributed by atoms with Crippen LogP contribution in [0.25, 0.3) is 11.3 Å². The van der Waals surface area contributed by atoms with Crippen LogP contribution in [0, 0.1) is 5.82 Å². The molecule has 0 atom stereocenters. The molecule has 122 valence electrons. The van der Waals surface area contributed by atoms with Crippen molar-refractivity contribution in [2.45, 2.75) is 6.92 Å². The van der Waals surface area contributed by atoms with Crippen molar-refractivity contribution in [3.63, 3.8) is 0 Å². The fourth-order valence-corrected chi connectivity index (χ4v) is 3.10. The number of halogens is 1. The normalized spacial score (nSPS) is 12.6. The van der Waals surface area contributed by atoms with Gasteiger partial charge in [-0.3, -0.25) is 4.99 Å². The van der Waals surface area contributed by atoms with E-state index in [-0.39, 0.29) is 11.6 Å². The predicted octanol–water partition coefficient (Wildman–Crippen LogP) is 3.86. The summed E-state index contributed by atoms with van der Waals surface area (Å²) in [6.45, 7) is 1.86. The molecule has 0 radical (unpaired) electrons. The molecule has 0 fully saturated rings. The number of aromatic hydroxyl groups is 1. The van der Waals surface area contributed by atoms with Gasteiger partial charge >= 0.3 is 0 Å². The first-order valence-electron chi connectivity index (χ1n) is 7.33. The summed E-state index contributed by atoms with van der Waals surface area (Å²) in [5.74, 6) is -0.102. The Morgan fingerprint density at radius 1 is 1.12 bits per heavy atom. The van der Waals surface area contributed by atoms with Crippen molar-refractivity contribution >= 4 is 17.0 Å². The fourth-order valence-electron chi connectivity index (χ4n) is 2.31. The highest BCUT2D eigenvalue weighted by Crippen LogP contribution is 2.23. The van der Waals surface area contributed by atoms with Crippen molar-refractivity contribution in [2.75, 3.05) is 7.05 Å².